The van der Waals surface area contributed by atoms with Gasteiger partial charge in [0, 0.05) is 12.1 Å². The molecule has 1 amide bonds. The van der Waals surface area contributed by atoms with Crippen LogP contribution in [0.15, 0.2) is 18.2 Å². The van der Waals surface area contributed by atoms with E-state index >= 15 is 0 Å². The van der Waals surface area contributed by atoms with Gasteiger partial charge in [0.2, 0.25) is 5.82 Å². The molecule has 0 bridgehead atoms. The number of aromatic amines is 1. The summed E-state index contributed by atoms with van der Waals surface area (Å²) in [5, 5.41) is 9.74. The number of anilines is 1. The second kappa shape index (κ2) is 5.55. The van der Waals surface area contributed by atoms with Crippen LogP contribution in [-0.4, -0.2) is 21.1 Å². The minimum atomic E-state index is -0.236. The molecule has 0 radical (unpaired) electrons. The molecular formula is C15H19N5O. The summed E-state index contributed by atoms with van der Waals surface area (Å²) in [6, 6.07) is 5.89. The number of fused-ring (bicyclic) bond motifs is 1. The van der Waals surface area contributed by atoms with Gasteiger partial charge in [0.1, 0.15) is 5.82 Å². The first-order valence-corrected chi connectivity index (χ1v) is 7.28. The zero-order valence-corrected chi connectivity index (χ0v) is 12.0. The molecule has 21 heavy (non-hydrogen) atoms. The molecule has 0 fully saturated rings. The largest absolute Gasteiger partial charge is 0.399 e. The van der Waals surface area contributed by atoms with Gasteiger partial charge in [0.25, 0.3) is 5.91 Å². The molecule has 0 saturated carbocycles. The van der Waals surface area contributed by atoms with Crippen molar-refractivity contribution in [3.8, 4) is 0 Å². The van der Waals surface area contributed by atoms with Gasteiger partial charge in [-0.15, -0.1) is 5.10 Å². The second-order valence-electron chi connectivity index (χ2n) is 5.34. The van der Waals surface area contributed by atoms with E-state index in [0.29, 0.717) is 0 Å². The van der Waals surface area contributed by atoms with Gasteiger partial charge in [-0.25, -0.2) is 4.98 Å². The van der Waals surface area contributed by atoms with Crippen LogP contribution in [0.3, 0.4) is 0 Å². The fourth-order valence-electron chi connectivity index (χ4n) is 2.76. The van der Waals surface area contributed by atoms with Crippen molar-refractivity contribution in [1.82, 2.24) is 20.5 Å². The number of aryl methyl sites for hydroxylation is 2. The molecule has 6 heteroatoms. The van der Waals surface area contributed by atoms with Crippen LogP contribution in [-0.2, 0) is 12.8 Å². The average molecular weight is 285 g/mol. The van der Waals surface area contributed by atoms with E-state index in [9.17, 15) is 4.79 Å². The SMILES string of the molecule is CCc1nc(C(=O)NC2CCCc3cc(N)ccc32)n[nH]1. The number of nitrogens with one attached hydrogen (secondary N) is 2. The summed E-state index contributed by atoms with van der Waals surface area (Å²) < 4.78 is 0. The Morgan fingerprint density at radius 3 is 3.14 bits per heavy atom. The minimum Gasteiger partial charge on any atom is -0.399 e. The normalized spacial score (nSPS) is 17.3. The first-order chi connectivity index (χ1) is 10.2. The maximum atomic E-state index is 12.2. The molecule has 110 valence electrons. The number of hydrogen-bond acceptors (Lipinski definition) is 4. The molecule has 1 aliphatic rings. The summed E-state index contributed by atoms with van der Waals surface area (Å²) in [6.07, 6.45) is 3.70. The maximum Gasteiger partial charge on any atom is 0.291 e. The van der Waals surface area contributed by atoms with Gasteiger partial charge in [0.05, 0.1) is 6.04 Å². The van der Waals surface area contributed by atoms with Crippen molar-refractivity contribution < 1.29 is 4.79 Å². The van der Waals surface area contributed by atoms with E-state index in [4.69, 9.17) is 5.73 Å². The summed E-state index contributed by atoms with van der Waals surface area (Å²) in [6.45, 7) is 1.96. The highest BCUT2D eigenvalue weighted by molar-refractivity contribution is 5.90. The van der Waals surface area contributed by atoms with Gasteiger partial charge in [-0.05, 0) is 42.5 Å². The number of benzene rings is 1. The summed E-state index contributed by atoms with van der Waals surface area (Å²) in [7, 11) is 0. The van der Waals surface area contributed by atoms with Crippen LogP contribution < -0.4 is 11.1 Å². The van der Waals surface area contributed by atoms with Crippen molar-refractivity contribution >= 4 is 11.6 Å². The number of carbonyl (C=O) groups excluding carboxylic acids is 1. The molecule has 1 aromatic carbocycles. The van der Waals surface area contributed by atoms with E-state index in [1.165, 1.54) is 5.56 Å². The van der Waals surface area contributed by atoms with E-state index < -0.39 is 0 Å². The number of nitrogen functional groups attached to an aromatic ring is 1. The van der Waals surface area contributed by atoms with Crippen molar-refractivity contribution in [2.45, 2.75) is 38.6 Å². The zero-order chi connectivity index (χ0) is 14.8. The second-order valence-corrected chi connectivity index (χ2v) is 5.34. The van der Waals surface area contributed by atoms with Crippen LogP contribution in [0.4, 0.5) is 5.69 Å². The van der Waals surface area contributed by atoms with Gasteiger partial charge in [-0.3, -0.25) is 9.89 Å². The topological polar surface area (TPSA) is 96.7 Å². The molecule has 1 aliphatic carbocycles. The van der Waals surface area contributed by atoms with Crippen molar-refractivity contribution in [3.05, 3.63) is 41.0 Å². The molecule has 1 heterocycles. The Kier molecular flexibility index (Phi) is 3.60. The summed E-state index contributed by atoms with van der Waals surface area (Å²) in [4.78, 5) is 16.4. The molecule has 2 aromatic rings. The number of hydrogen-bond donors (Lipinski definition) is 3. The zero-order valence-electron chi connectivity index (χ0n) is 12.0. The molecule has 4 N–H and O–H groups in total. The monoisotopic (exact) mass is 285 g/mol. The van der Waals surface area contributed by atoms with Gasteiger partial charge < -0.3 is 11.1 Å². The lowest BCUT2D eigenvalue weighted by atomic mass is 9.87. The number of amides is 1. The number of carbonyl (C=O) groups is 1. The Morgan fingerprint density at radius 2 is 2.38 bits per heavy atom. The number of H-pyrrole nitrogens is 1. The van der Waals surface area contributed by atoms with Crippen LogP contribution in [0, 0.1) is 0 Å². The molecule has 0 spiro atoms. The minimum absolute atomic E-state index is 0.00502. The van der Waals surface area contributed by atoms with E-state index in [1.807, 2.05) is 25.1 Å². The van der Waals surface area contributed by atoms with Gasteiger partial charge in [-0.2, -0.15) is 0 Å². The molecule has 0 saturated heterocycles. The molecule has 0 aliphatic heterocycles. The molecule has 1 unspecified atom stereocenters. The summed E-state index contributed by atoms with van der Waals surface area (Å²) in [5.74, 6) is 0.687. The third kappa shape index (κ3) is 2.74. The summed E-state index contributed by atoms with van der Waals surface area (Å²) >= 11 is 0. The molecule has 1 aromatic heterocycles. The first kappa shape index (κ1) is 13.6. The predicted molar refractivity (Wildman–Crippen MR) is 79.8 cm³/mol. The Labute approximate surface area is 123 Å². The maximum absolute atomic E-state index is 12.2. The van der Waals surface area contributed by atoms with E-state index in [0.717, 1.165) is 42.8 Å². The van der Waals surface area contributed by atoms with Crippen molar-refractivity contribution in [3.63, 3.8) is 0 Å². The lowest BCUT2D eigenvalue weighted by Crippen LogP contribution is -2.31. The Hall–Kier alpha value is -2.37. The van der Waals surface area contributed by atoms with E-state index in [1.54, 1.807) is 0 Å². The fourth-order valence-corrected chi connectivity index (χ4v) is 2.76. The third-order valence-electron chi connectivity index (χ3n) is 3.86. The summed E-state index contributed by atoms with van der Waals surface area (Å²) in [5.41, 5.74) is 8.96. The van der Waals surface area contributed by atoms with Crippen LogP contribution in [0.25, 0.3) is 0 Å². The third-order valence-corrected chi connectivity index (χ3v) is 3.86. The smallest absolute Gasteiger partial charge is 0.291 e. The standard InChI is InChI=1S/C15H19N5O/c1-2-13-18-14(20-19-13)15(21)17-12-5-3-4-9-8-10(16)6-7-11(9)12/h6-8,12H,2-5,16H2,1H3,(H,17,21)(H,18,19,20). The van der Waals surface area contributed by atoms with Crippen molar-refractivity contribution in [2.75, 3.05) is 5.73 Å². The van der Waals surface area contributed by atoms with Crippen LogP contribution in [0.1, 0.15) is 53.4 Å². The number of rotatable bonds is 3. The van der Waals surface area contributed by atoms with Crippen LogP contribution in [0.5, 0.6) is 0 Å². The molecule has 3 rings (SSSR count). The van der Waals surface area contributed by atoms with Gasteiger partial charge in [-0.1, -0.05) is 13.0 Å². The number of nitrogens with zero attached hydrogens (tertiary/aromatic N) is 2. The van der Waals surface area contributed by atoms with Gasteiger partial charge in [0.15, 0.2) is 0 Å². The van der Waals surface area contributed by atoms with Crippen LogP contribution >= 0.6 is 0 Å². The van der Waals surface area contributed by atoms with E-state index in [-0.39, 0.29) is 17.8 Å². The van der Waals surface area contributed by atoms with Gasteiger partial charge >= 0.3 is 0 Å². The highest BCUT2D eigenvalue weighted by atomic mass is 16.2. The number of aromatic nitrogens is 3. The fraction of sp³-hybridized carbons (Fsp3) is 0.400. The van der Waals surface area contributed by atoms with Crippen LogP contribution in [0.2, 0.25) is 0 Å². The highest BCUT2D eigenvalue weighted by Gasteiger charge is 2.23. The molecule has 1 atom stereocenters. The lowest BCUT2D eigenvalue weighted by molar-refractivity contribution is 0.0922. The molecular weight excluding hydrogens is 266 g/mol. The number of nitrogens with two attached hydrogens (primary N) is 1. The lowest BCUT2D eigenvalue weighted by Gasteiger charge is -2.26. The molecule has 6 nitrogen and oxygen atoms in total. The average Bonchev–Trinajstić information content (AvgIpc) is 2.96. The predicted octanol–water partition coefficient (Wildman–Crippen LogP) is 1.76. The van der Waals surface area contributed by atoms with Crippen molar-refractivity contribution in [1.29, 1.82) is 0 Å². The van der Waals surface area contributed by atoms with Crippen molar-refractivity contribution in [2.24, 2.45) is 0 Å². The Morgan fingerprint density at radius 1 is 1.52 bits per heavy atom. The van der Waals surface area contributed by atoms with E-state index in [2.05, 4.69) is 20.5 Å². The Balaban J connectivity index is 1.78. The first-order valence-electron chi connectivity index (χ1n) is 7.28. The highest BCUT2D eigenvalue weighted by Crippen LogP contribution is 2.31. The quantitative estimate of drug-likeness (QED) is 0.748. The Bertz CT molecular complexity index is 664.